The Bertz CT molecular complexity index is 2730. The molecule has 0 saturated carbocycles. The van der Waals surface area contributed by atoms with E-state index in [1.165, 1.54) is 50.2 Å². The molecule has 8 rings (SSSR count). The number of nitrogens with zero attached hydrogens (tertiary/aromatic N) is 4. The summed E-state index contributed by atoms with van der Waals surface area (Å²) >= 11 is 0. The monoisotopic (exact) mass is 804 g/mol. The third-order valence-electron chi connectivity index (χ3n) is 11.5. The highest BCUT2D eigenvalue weighted by atomic mass is 15.2. The maximum Gasteiger partial charge on any atom is 0.0491 e. The van der Waals surface area contributed by atoms with Gasteiger partial charge in [0.15, 0.2) is 0 Å². The normalized spacial score (nSPS) is 15.9. The van der Waals surface area contributed by atoms with Crippen molar-refractivity contribution in [1.29, 1.82) is 0 Å². The van der Waals surface area contributed by atoms with Gasteiger partial charge in [-0.3, -0.25) is 9.98 Å². The third kappa shape index (κ3) is 9.57. The number of fused-ring (bicyclic) bond motifs is 1. The van der Waals surface area contributed by atoms with E-state index >= 15 is 0 Å². The molecule has 4 heteroatoms. The molecule has 2 aliphatic heterocycles. The number of hydrogen-bond donors (Lipinski definition) is 0. The van der Waals surface area contributed by atoms with Gasteiger partial charge in [0, 0.05) is 71.3 Å². The zero-order chi connectivity index (χ0) is 42.7. The maximum atomic E-state index is 4.62. The van der Waals surface area contributed by atoms with Crippen molar-refractivity contribution in [2.45, 2.75) is 26.7 Å². The standard InChI is InChI=1S/C58H52N4/c1-5-15-43(3)22-24-49(46-16-9-7-10-17-46)38-53-42-61(58-35-28-50(39-57(53)58)47-18-11-8-12-19-47)54-31-33-56(34-32-54)62(44(4)23-25-45(6-2)51-20-13-36-59-40-51)55-29-26-48(27-30-55)52-21-14-37-60-41-52/h5-19,21,23-41,51H,1,4,20,22,42H2,2-3H3/b25-23-,43-15+,45-6+,49-24+,53-38+. The van der Waals surface area contributed by atoms with Crippen LogP contribution in [0.15, 0.2) is 242 Å². The zero-order valence-electron chi connectivity index (χ0n) is 35.6. The summed E-state index contributed by atoms with van der Waals surface area (Å²) in [5.74, 6) is 0.240. The van der Waals surface area contributed by atoms with Crippen molar-refractivity contribution < 1.29 is 0 Å². The van der Waals surface area contributed by atoms with Crippen molar-refractivity contribution in [3.8, 4) is 22.3 Å². The SMILES string of the molecule is C=C/C=C(\C)C/C=C(\C=C1/CN(c2ccc(N(C(=C)/C=C\C(=C/C)C3C=NC=CC3)c3ccc(-c4cccnc4)cc3)cc2)c2ccc(-c3ccccc3)cc21)c1ccccc1. The second kappa shape index (κ2) is 19.7. The van der Waals surface area contributed by atoms with E-state index in [4.69, 9.17) is 0 Å². The predicted molar refractivity (Wildman–Crippen MR) is 266 cm³/mol. The van der Waals surface area contributed by atoms with E-state index in [1.54, 1.807) is 6.20 Å². The van der Waals surface area contributed by atoms with Gasteiger partial charge in [-0.2, -0.15) is 0 Å². The summed E-state index contributed by atoms with van der Waals surface area (Å²) in [5, 5.41) is 0. The van der Waals surface area contributed by atoms with E-state index in [0.717, 1.165) is 53.3 Å². The second-order valence-electron chi connectivity index (χ2n) is 15.6. The first-order chi connectivity index (χ1) is 30.5. The molecule has 0 N–H and O–H groups in total. The summed E-state index contributed by atoms with van der Waals surface area (Å²) in [5.41, 5.74) is 17.2. The Labute approximate surface area is 367 Å². The van der Waals surface area contributed by atoms with Crippen LogP contribution in [0.3, 0.4) is 0 Å². The van der Waals surface area contributed by atoms with Crippen LogP contribution in [0.4, 0.5) is 22.7 Å². The topological polar surface area (TPSA) is 31.7 Å². The van der Waals surface area contributed by atoms with Gasteiger partial charge in [0.2, 0.25) is 0 Å². The minimum Gasteiger partial charge on any atom is -0.336 e. The van der Waals surface area contributed by atoms with E-state index in [0.29, 0.717) is 0 Å². The number of anilines is 4. The van der Waals surface area contributed by atoms with Gasteiger partial charge in [-0.1, -0.05) is 140 Å². The van der Waals surface area contributed by atoms with Crippen LogP contribution in [-0.4, -0.2) is 17.7 Å². The van der Waals surface area contributed by atoms with Gasteiger partial charge in [-0.05, 0) is 138 Å². The highest BCUT2D eigenvalue weighted by molar-refractivity contribution is 5.96. The molecule has 5 aromatic carbocycles. The highest BCUT2D eigenvalue weighted by Crippen LogP contribution is 2.44. The van der Waals surface area contributed by atoms with Gasteiger partial charge in [0.05, 0.1) is 0 Å². The summed E-state index contributed by atoms with van der Waals surface area (Å²) in [6.07, 6.45) is 26.6. The Morgan fingerprint density at radius 3 is 2.16 bits per heavy atom. The Hall–Kier alpha value is -7.56. The molecule has 62 heavy (non-hydrogen) atoms. The molecule has 1 aromatic heterocycles. The third-order valence-corrected chi connectivity index (χ3v) is 11.5. The first-order valence-electron chi connectivity index (χ1n) is 21.3. The molecule has 0 radical (unpaired) electrons. The average molecular weight is 805 g/mol. The smallest absolute Gasteiger partial charge is 0.0491 e. The van der Waals surface area contributed by atoms with Crippen molar-refractivity contribution in [3.63, 3.8) is 0 Å². The lowest BCUT2D eigenvalue weighted by Crippen LogP contribution is -2.16. The number of benzene rings is 5. The molecule has 1 unspecified atom stereocenters. The highest BCUT2D eigenvalue weighted by Gasteiger charge is 2.26. The maximum absolute atomic E-state index is 4.62. The fourth-order valence-electron chi connectivity index (χ4n) is 8.16. The van der Waals surface area contributed by atoms with Crippen LogP contribution < -0.4 is 9.80 Å². The van der Waals surface area contributed by atoms with E-state index in [1.807, 2.05) is 30.8 Å². The zero-order valence-corrected chi connectivity index (χ0v) is 35.6. The van der Waals surface area contributed by atoms with Crippen LogP contribution in [0.2, 0.25) is 0 Å². The Morgan fingerprint density at radius 1 is 0.790 bits per heavy atom. The first kappa shape index (κ1) is 41.2. The molecule has 304 valence electrons. The minimum atomic E-state index is 0.240. The summed E-state index contributed by atoms with van der Waals surface area (Å²) in [6, 6.07) is 49.8. The lowest BCUT2D eigenvalue weighted by molar-refractivity contribution is 0.843. The number of aliphatic imine (C=N–C) groups is 1. The Morgan fingerprint density at radius 2 is 1.48 bits per heavy atom. The fraction of sp³-hybridized carbons (Fsp3) is 0.103. The first-order valence-corrected chi connectivity index (χ1v) is 21.3. The molecule has 0 spiro atoms. The van der Waals surface area contributed by atoms with Crippen LogP contribution in [0, 0.1) is 5.92 Å². The van der Waals surface area contributed by atoms with Crippen LogP contribution in [0.25, 0.3) is 33.4 Å². The molecule has 0 aliphatic carbocycles. The molecule has 0 amide bonds. The number of pyridine rings is 1. The van der Waals surface area contributed by atoms with Crippen LogP contribution in [0.5, 0.6) is 0 Å². The van der Waals surface area contributed by atoms with Crippen LogP contribution in [0.1, 0.15) is 37.8 Å². The van der Waals surface area contributed by atoms with Crippen LogP contribution in [-0.2, 0) is 0 Å². The number of rotatable bonds is 14. The predicted octanol–water partition coefficient (Wildman–Crippen LogP) is 15.3. The Balaban J connectivity index is 1.16. The summed E-state index contributed by atoms with van der Waals surface area (Å²) < 4.78 is 0. The molecule has 0 bridgehead atoms. The molecule has 2 aliphatic rings. The van der Waals surface area contributed by atoms with Gasteiger partial charge in [0.1, 0.15) is 0 Å². The fourth-order valence-corrected chi connectivity index (χ4v) is 8.16. The van der Waals surface area contributed by atoms with Crippen molar-refractivity contribution in [3.05, 3.63) is 248 Å². The number of hydrogen-bond acceptors (Lipinski definition) is 4. The molecule has 1 atom stereocenters. The largest absolute Gasteiger partial charge is 0.336 e. The van der Waals surface area contributed by atoms with E-state index in [9.17, 15) is 0 Å². The van der Waals surface area contributed by atoms with Crippen molar-refractivity contribution in [2.75, 3.05) is 16.3 Å². The summed E-state index contributed by atoms with van der Waals surface area (Å²) in [4.78, 5) is 13.4. The molecule has 0 saturated heterocycles. The summed E-state index contributed by atoms with van der Waals surface area (Å²) in [7, 11) is 0. The summed E-state index contributed by atoms with van der Waals surface area (Å²) in [6.45, 7) is 13.5. The lowest BCUT2D eigenvalue weighted by Gasteiger charge is -2.27. The molecule has 6 aromatic rings. The van der Waals surface area contributed by atoms with Gasteiger partial charge >= 0.3 is 0 Å². The van der Waals surface area contributed by atoms with Gasteiger partial charge < -0.3 is 9.80 Å². The van der Waals surface area contributed by atoms with E-state index in [2.05, 4.69) is 223 Å². The molecular formula is C58H52N4. The van der Waals surface area contributed by atoms with Crippen molar-refractivity contribution in [2.24, 2.45) is 10.9 Å². The van der Waals surface area contributed by atoms with Crippen molar-refractivity contribution >= 4 is 40.1 Å². The lowest BCUT2D eigenvalue weighted by atomic mass is 9.94. The quantitative estimate of drug-likeness (QED) is 0.103. The molecule has 0 fully saturated rings. The van der Waals surface area contributed by atoms with Gasteiger partial charge in [-0.15, -0.1) is 0 Å². The van der Waals surface area contributed by atoms with E-state index < -0.39 is 0 Å². The number of allylic oxidation sites excluding steroid dienone is 11. The second-order valence-corrected chi connectivity index (χ2v) is 15.6. The molecular weight excluding hydrogens is 753 g/mol. The average Bonchev–Trinajstić information content (AvgIpc) is 3.69. The molecule has 4 nitrogen and oxygen atoms in total. The minimum absolute atomic E-state index is 0.240. The van der Waals surface area contributed by atoms with Crippen LogP contribution >= 0.6 is 0 Å². The molecule has 3 heterocycles. The Kier molecular flexibility index (Phi) is 13.1. The van der Waals surface area contributed by atoms with Crippen molar-refractivity contribution in [1.82, 2.24) is 4.98 Å². The van der Waals surface area contributed by atoms with Gasteiger partial charge in [0.25, 0.3) is 0 Å². The van der Waals surface area contributed by atoms with Gasteiger partial charge in [-0.25, -0.2) is 0 Å². The number of aromatic nitrogens is 1. The van der Waals surface area contributed by atoms with E-state index in [-0.39, 0.29) is 5.92 Å².